The van der Waals surface area contributed by atoms with Gasteiger partial charge in [0.25, 0.3) is 0 Å². The van der Waals surface area contributed by atoms with Crippen molar-refractivity contribution in [3.8, 4) is 0 Å². The van der Waals surface area contributed by atoms with Crippen molar-refractivity contribution in [3.05, 3.63) is 28.2 Å². The number of anilines is 1. The van der Waals surface area contributed by atoms with Crippen LogP contribution in [-0.2, 0) is 0 Å². The third-order valence-electron chi connectivity index (χ3n) is 4.17. The van der Waals surface area contributed by atoms with Gasteiger partial charge in [0.05, 0.1) is 0 Å². The monoisotopic (exact) mass is 355 g/mol. The fourth-order valence-corrected chi connectivity index (χ4v) is 3.79. The Balaban J connectivity index is 2.20. The Morgan fingerprint density at radius 1 is 1.45 bits per heavy atom. The first-order chi connectivity index (χ1) is 9.54. The SMILES string of the molecule is CCN1CCC(N(C)c2cccc(Br)c2C(N)=S)CC1. The molecule has 3 nitrogen and oxygen atoms in total. The van der Waals surface area contributed by atoms with Crippen LogP contribution in [0.25, 0.3) is 0 Å². The highest BCUT2D eigenvalue weighted by Gasteiger charge is 2.24. The highest BCUT2D eigenvalue weighted by atomic mass is 79.9. The zero-order valence-corrected chi connectivity index (χ0v) is 14.5. The van der Waals surface area contributed by atoms with Crippen LogP contribution in [0.5, 0.6) is 0 Å². The number of likely N-dealkylation sites (tertiary alicyclic amines) is 1. The van der Waals surface area contributed by atoms with E-state index in [1.807, 2.05) is 12.1 Å². The van der Waals surface area contributed by atoms with E-state index in [1.54, 1.807) is 0 Å². The van der Waals surface area contributed by atoms with Crippen LogP contribution in [0.15, 0.2) is 22.7 Å². The minimum absolute atomic E-state index is 0.449. The predicted octanol–water partition coefficient (Wildman–Crippen LogP) is 3.00. The van der Waals surface area contributed by atoms with Crippen LogP contribution in [-0.4, -0.2) is 42.6 Å². The molecule has 0 atom stereocenters. The molecule has 0 radical (unpaired) electrons. The summed E-state index contributed by atoms with van der Waals surface area (Å²) in [4.78, 5) is 5.29. The number of benzene rings is 1. The van der Waals surface area contributed by atoms with E-state index in [9.17, 15) is 0 Å². The largest absolute Gasteiger partial charge is 0.389 e. The van der Waals surface area contributed by atoms with Gasteiger partial charge in [-0.25, -0.2) is 0 Å². The van der Waals surface area contributed by atoms with Crippen LogP contribution in [0, 0.1) is 0 Å². The highest BCUT2D eigenvalue weighted by Crippen LogP contribution is 2.30. The second-order valence-corrected chi connectivity index (χ2v) is 6.57. The molecule has 0 bridgehead atoms. The lowest BCUT2D eigenvalue weighted by atomic mass is 10.0. The fraction of sp³-hybridized carbons (Fsp3) is 0.533. The van der Waals surface area contributed by atoms with Gasteiger partial charge in [0.2, 0.25) is 0 Å². The Labute approximate surface area is 135 Å². The topological polar surface area (TPSA) is 32.5 Å². The molecule has 1 heterocycles. The average molecular weight is 356 g/mol. The van der Waals surface area contributed by atoms with Crippen LogP contribution in [0.4, 0.5) is 5.69 Å². The van der Waals surface area contributed by atoms with Gasteiger partial charge in [0, 0.05) is 41.9 Å². The van der Waals surface area contributed by atoms with Crippen LogP contribution >= 0.6 is 28.1 Å². The molecule has 0 aliphatic carbocycles. The Morgan fingerprint density at radius 3 is 2.65 bits per heavy atom. The van der Waals surface area contributed by atoms with Crippen molar-refractivity contribution in [1.82, 2.24) is 4.90 Å². The zero-order valence-electron chi connectivity index (χ0n) is 12.1. The summed E-state index contributed by atoms with van der Waals surface area (Å²) in [6.45, 7) is 5.71. The van der Waals surface area contributed by atoms with E-state index in [0.29, 0.717) is 11.0 Å². The van der Waals surface area contributed by atoms with Gasteiger partial charge in [-0.2, -0.15) is 0 Å². The molecule has 0 amide bonds. The normalized spacial score (nSPS) is 17.1. The summed E-state index contributed by atoms with van der Waals surface area (Å²) in [6.07, 6.45) is 2.38. The quantitative estimate of drug-likeness (QED) is 0.841. The first-order valence-electron chi connectivity index (χ1n) is 7.08. The molecule has 0 spiro atoms. The zero-order chi connectivity index (χ0) is 14.7. The van der Waals surface area contributed by atoms with Crippen molar-refractivity contribution < 1.29 is 0 Å². The minimum Gasteiger partial charge on any atom is -0.389 e. The van der Waals surface area contributed by atoms with E-state index in [4.69, 9.17) is 18.0 Å². The first-order valence-corrected chi connectivity index (χ1v) is 8.28. The number of thiocarbonyl (C=S) groups is 1. The lowest BCUT2D eigenvalue weighted by molar-refractivity contribution is 0.221. The van der Waals surface area contributed by atoms with E-state index in [1.165, 1.54) is 25.9 Å². The van der Waals surface area contributed by atoms with E-state index in [0.717, 1.165) is 22.3 Å². The average Bonchev–Trinajstić information content (AvgIpc) is 2.46. The number of nitrogens with zero attached hydrogens (tertiary/aromatic N) is 2. The number of piperidine rings is 1. The number of hydrogen-bond donors (Lipinski definition) is 1. The summed E-state index contributed by atoms with van der Waals surface area (Å²) in [5.74, 6) is 0. The van der Waals surface area contributed by atoms with Gasteiger partial charge in [0.1, 0.15) is 4.99 Å². The molecule has 0 aromatic heterocycles. The van der Waals surface area contributed by atoms with Crippen molar-refractivity contribution in [2.24, 2.45) is 5.73 Å². The Hall–Kier alpha value is -0.650. The van der Waals surface area contributed by atoms with Crippen LogP contribution in [0.1, 0.15) is 25.3 Å². The first kappa shape index (κ1) is 15.7. The Morgan fingerprint density at radius 2 is 2.10 bits per heavy atom. The lowest BCUT2D eigenvalue weighted by Crippen LogP contribution is -2.43. The van der Waals surface area contributed by atoms with Gasteiger partial charge in [-0.3, -0.25) is 0 Å². The maximum absolute atomic E-state index is 5.89. The number of nitrogens with two attached hydrogens (primary N) is 1. The van der Waals surface area contributed by atoms with Gasteiger partial charge in [0.15, 0.2) is 0 Å². The maximum atomic E-state index is 5.89. The third-order valence-corrected chi connectivity index (χ3v) is 5.03. The summed E-state index contributed by atoms with van der Waals surface area (Å²) in [7, 11) is 2.15. The molecule has 1 aromatic carbocycles. The minimum atomic E-state index is 0.449. The van der Waals surface area contributed by atoms with Crippen molar-refractivity contribution in [1.29, 1.82) is 0 Å². The molecule has 0 unspecified atom stereocenters. The van der Waals surface area contributed by atoms with Gasteiger partial charge >= 0.3 is 0 Å². The van der Waals surface area contributed by atoms with Gasteiger partial charge < -0.3 is 15.5 Å². The number of hydrogen-bond acceptors (Lipinski definition) is 3. The molecule has 1 aliphatic heterocycles. The Kier molecular flexibility index (Phi) is 5.41. The fourth-order valence-electron chi connectivity index (χ4n) is 2.87. The molecule has 5 heteroatoms. The summed E-state index contributed by atoms with van der Waals surface area (Å²) in [5, 5.41) is 0. The van der Waals surface area contributed by atoms with E-state index >= 15 is 0 Å². The molecule has 1 fully saturated rings. The smallest absolute Gasteiger partial charge is 0.107 e. The molecular formula is C15H22BrN3S. The lowest BCUT2D eigenvalue weighted by Gasteiger charge is -2.38. The van der Waals surface area contributed by atoms with E-state index in [-0.39, 0.29) is 0 Å². The summed E-state index contributed by atoms with van der Waals surface area (Å²) < 4.78 is 0.973. The van der Waals surface area contributed by atoms with Crippen LogP contribution in [0.3, 0.4) is 0 Å². The van der Waals surface area contributed by atoms with Crippen molar-refractivity contribution in [2.75, 3.05) is 31.6 Å². The van der Waals surface area contributed by atoms with Gasteiger partial charge in [-0.1, -0.05) is 25.2 Å². The van der Waals surface area contributed by atoms with Crippen LogP contribution in [0.2, 0.25) is 0 Å². The van der Waals surface area contributed by atoms with Crippen molar-refractivity contribution in [2.45, 2.75) is 25.8 Å². The maximum Gasteiger partial charge on any atom is 0.107 e. The Bertz CT molecular complexity index is 484. The standard InChI is InChI=1S/C15H22BrN3S/c1-3-19-9-7-11(8-10-19)18(2)13-6-4-5-12(16)14(13)15(17)20/h4-6,11H,3,7-10H2,1-2H3,(H2,17,20). The molecule has 110 valence electrons. The molecule has 1 aliphatic rings. The molecule has 0 saturated carbocycles. The van der Waals surface area contributed by atoms with Gasteiger partial charge in [-0.15, -0.1) is 0 Å². The molecular weight excluding hydrogens is 334 g/mol. The number of halogens is 1. The molecule has 20 heavy (non-hydrogen) atoms. The van der Waals surface area contributed by atoms with E-state index in [2.05, 4.69) is 45.8 Å². The third kappa shape index (κ3) is 3.32. The van der Waals surface area contributed by atoms with E-state index < -0.39 is 0 Å². The molecule has 1 saturated heterocycles. The van der Waals surface area contributed by atoms with Crippen molar-refractivity contribution >= 4 is 38.8 Å². The summed E-state index contributed by atoms with van der Waals surface area (Å²) >= 11 is 8.77. The molecule has 2 rings (SSSR count). The van der Waals surface area contributed by atoms with Crippen LogP contribution < -0.4 is 10.6 Å². The molecule has 2 N–H and O–H groups in total. The highest BCUT2D eigenvalue weighted by molar-refractivity contribution is 9.10. The summed E-state index contributed by atoms with van der Waals surface area (Å²) in [5.41, 5.74) is 7.97. The summed E-state index contributed by atoms with van der Waals surface area (Å²) in [6, 6.07) is 6.69. The second kappa shape index (κ2) is 6.87. The van der Waals surface area contributed by atoms with Gasteiger partial charge in [-0.05, 0) is 47.4 Å². The second-order valence-electron chi connectivity index (χ2n) is 5.27. The molecule has 1 aromatic rings. The predicted molar refractivity (Wildman–Crippen MR) is 93.6 cm³/mol. The number of rotatable bonds is 4. The van der Waals surface area contributed by atoms with Crippen molar-refractivity contribution in [3.63, 3.8) is 0 Å².